The molecule has 1 aromatic heterocycles. The molecule has 0 saturated heterocycles. The fourth-order valence-electron chi connectivity index (χ4n) is 1.40. The highest BCUT2D eigenvalue weighted by atomic mass is 35.5. The van der Waals surface area contributed by atoms with E-state index in [2.05, 4.69) is 44.9 Å². The molecule has 0 saturated carbocycles. The maximum atomic E-state index is 6.31. The SMILES string of the molecule is CC(C)Nc1nccc(C(C)(C)C)c1Cl. The number of hydrogen-bond donors (Lipinski definition) is 1. The minimum absolute atomic E-state index is 0.0490. The Bertz CT molecular complexity index is 340. The summed E-state index contributed by atoms with van der Waals surface area (Å²) in [5.41, 5.74) is 1.18. The van der Waals surface area contributed by atoms with E-state index in [1.807, 2.05) is 6.07 Å². The van der Waals surface area contributed by atoms with E-state index in [0.29, 0.717) is 6.04 Å². The molecule has 0 bridgehead atoms. The lowest BCUT2D eigenvalue weighted by Gasteiger charge is -2.22. The average Bonchev–Trinajstić information content (AvgIpc) is 2.05. The summed E-state index contributed by atoms with van der Waals surface area (Å²) in [5, 5.41) is 3.98. The molecule has 2 nitrogen and oxygen atoms in total. The Balaban J connectivity index is 3.12. The zero-order valence-corrected chi connectivity index (χ0v) is 10.8. The molecular formula is C12H19ClN2. The molecule has 0 aliphatic rings. The Morgan fingerprint density at radius 2 is 1.93 bits per heavy atom. The van der Waals surface area contributed by atoms with Gasteiger partial charge in [0.25, 0.3) is 0 Å². The van der Waals surface area contributed by atoms with Crippen LogP contribution in [0.25, 0.3) is 0 Å². The Kier molecular flexibility index (Phi) is 3.61. The van der Waals surface area contributed by atoms with Crippen LogP contribution in [-0.2, 0) is 5.41 Å². The van der Waals surface area contributed by atoms with E-state index >= 15 is 0 Å². The molecule has 0 aliphatic carbocycles. The normalized spacial score (nSPS) is 11.9. The molecule has 0 amide bonds. The summed E-state index contributed by atoms with van der Waals surface area (Å²) >= 11 is 6.31. The highest BCUT2D eigenvalue weighted by Gasteiger charge is 2.19. The number of hydrogen-bond acceptors (Lipinski definition) is 2. The monoisotopic (exact) mass is 226 g/mol. The number of nitrogens with one attached hydrogen (secondary N) is 1. The molecule has 1 heterocycles. The van der Waals surface area contributed by atoms with Crippen LogP contribution in [0.4, 0.5) is 5.82 Å². The van der Waals surface area contributed by atoms with Crippen LogP contribution < -0.4 is 5.32 Å². The van der Waals surface area contributed by atoms with Crippen molar-refractivity contribution in [1.29, 1.82) is 0 Å². The van der Waals surface area contributed by atoms with Gasteiger partial charge < -0.3 is 5.32 Å². The zero-order valence-electron chi connectivity index (χ0n) is 10.1. The Morgan fingerprint density at radius 3 is 2.40 bits per heavy atom. The van der Waals surface area contributed by atoms with Gasteiger partial charge in [-0.05, 0) is 30.9 Å². The van der Waals surface area contributed by atoms with E-state index in [-0.39, 0.29) is 5.41 Å². The van der Waals surface area contributed by atoms with Gasteiger partial charge in [0.05, 0.1) is 5.02 Å². The second kappa shape index (κ2) is 4.40. The number of aromatic nitrogens is 1. The van der Waals surface area contributed by atoms with Gasteiger partial charge in [0.2, 0.25) is 0 Å². The first-order valence-electron chi connectivity index (χ1n) is 5.24. The first kappa shape index (κ1) is 12.3. The number of pyridine rings is 1. The molecule has 0 aromatic carbocycles. The molecule has 0 spiro atoms. The van der Waals surface area contributed by atoms with E-state index < -0.39 is 0 Å². The molecule has 0 fully saturated rings. The largest absolute Gasteiger partial charge is 0.367 e. The van der Waals surface area contributed by atoms with E-state index in [1.165, 1.54) is 0 Å². The van der Waals surface area contributed by atoms with E-state index in [1.54, 1.807) is 6.20 Å². The van der Waals surface area contributed by atoms with Gasteiger partial charge >= 0.3 is 0 Å². The van der Waals surface area contributed by atoms with Crippen molar-refractivity contribution in [3.63, 3.8) is 0 Å². The Hall–Kier alpha value is -0.760. The van der Waals surface area contributed by atoms with Crippen LogP contribution in [0.3, 0.4) is 0 Å². The van der Waals surface area contributed by atoms with E-state index in [4.69, 9.17) is 11.6 Å². The van der Waals surface area contributed by atoms with E-state index in [9.17, 15) is 0 Å². The first-order chi connectivity index (χ1) is 6.82. The molecule has 15 heavy (non-hydrogen) atoms. The third-order valence-corrected chi connectivity index (χ3v) is 2.51. The maximum absolute atomic E-state index is 6.31. The van der Waals surface area contributed by atoms with Gasteiger partial charge in [-0.3, -0.25) is 0 Å². The quantitative estimate of drug-likeness (QED) is 0.829. The minimum atomic E-state index is 0.0490. The van der Waals surface area contributed by atoms with Crippen LogP contribution in [0.1, 0.15) is 40.2 Å². The fourth-order valence-corrected chi connectivity index (χ4v) is 1.85. The molecule has 1 N–H and O–H groups in total. The molecule has 0 radical (unpaired) electrons. The summed E-state index contributed by atoms with van der Waals surface area (Å²) in [7, 11) is 0. The van der Waals surface area contributed by atoms with Crippen molar-refractivity contribution in [3.8, 4) is 0 Å². The van der Waals surface area contributed by atoms with Gasteiger partial charge in [0, 0.05) is 12.2 Å². The number of rotatable bonds is 2. The molecule has 84 valence electrons. The lowest BCUT2D eigenvalue weighted by atomic mass is 9.87. The third-order valence-electron chi connectivity index (χ3n) is 2.12. The highest BCUT2D eigenvalue weighted by Crippen LogP contribution is 2.33. The van der Waals surface area contributed by atoms with Crippen molar-refractivity contribution in [2.24, 2.45) is 0 Å². The molecule has 3 heteroatoms. The third kappa shape index (κ3) is 3.10. The van der Waals surface area contributed by atoms with Crippen LogP contribution in [0.5, 0.6) is 0 Å². The lowest BCUT2D eigenvalue weighted by Crippen LogP contribution is -2.16. The second-order valence-electron chi connectivity index (χ2n) is 5.07. The van der Waals surface area contributed by atoms with Crippen molar-refractivity contribution in [2.45, 2.75) is 46.1 Å². The van der Waals surface area contributed by atoms with Crippen LogP contribution in [0.15, 0.2) is 12.3 Å². The predicted octanol–water partition coefficient (Wildman–Crippen LogP) is 3.85. The van der Waals surface area contributed by atoms with Crippen LogP contribution in [-0.4, -0.2) is 11.0 Å². The average molecular weight is 227 g/mol. The van der Waals surface area contributed by atoms with Crippen molar-refractivity contribution in [1.82, 2.24) is 4.98 Å². The van der Waals surface area contributed by atoms with Crippen molar-refractivity contribution in [2.75, 3.05) is 5.32 Å². The van der Waals surface area contributed by atoms with Gasteiger partial charge in [-0.1, -0.05) is 32.4 Å². The predicted molar refractivity (Wildman–Crippen MR) is 66.7 cm³/mol. The zero-order chi connectivity index (χ0) is 11.6. The Labute approximate surface area is 97.1 Å². The number of nitrogens with zero attached hydrogens (tertiary/aromatic N) is 1. The van der Waals surface area contributed by atoms with Gasteiger partial charge in [0.1, 0.15) is 5.82 Å². The summed E-state index contributed by atoms with van der Waals surface area (Å²) in [4.78, 5) is 4.25. The highest BCUT2D eigenvalue weighted by molar-refractivity contribution is 6.33. The summed E-state index contributed by atoms with van der Waals surface area (Å²) in [6.07, 6.45) is 1.80. The number of anilines is 1. The number of halogens is 1. The molecule has 0 atom stereocenters. The standard InChI is InChI=1S/C12H19ClN2/c1-8(2)15-11-10(13)9(6-7-14-11)12(3,4)5/h6-8H,1-5H3,(H,14,15). The van der Waals surface area contributed by atoms with Crippen LogP contribution in [0, 0.1) is 0 Å². The first-order valence-corrected chi connectivity index (χ1v) is 5.61. The fraction of sp³-hybridized carbons (Fsp3) is 0.583. The lowest BCUT2D eigenvalue weighted by molar-refractivity contribution is 0.589. The molecule has 1 aromatic rings. The van der Waals surface area contributed by atoms with Crippen molar-refractivity contribution in [3.05, 3.63) is 22.8 Å². The van der Waals surface area contributed by atoms with Gasteiger partial charge in [-0.15, -0.1) is 0 Å². The smallest absolute Gasteiger partial charge is 0.145 e. The van der Waals surface area contributed by atoms with Gasteiger partial charge in [-0.25, -0.2) is 4.98 Å². The summed E-state index contributed by atoms with van der Waals surface area (Å²) < 4.78 is 0. The summed E-state index contributed by atoms with van der Waals surface area (Å²) in [6, 6.07) is 2.32. The molecule has 1 rings (SSSR count). The van der Waals surface area contributed by atoms with Gasteiger partial charge in [0.15, 0.2) is 0 Å². The van der Waals surface area contributed by atoms with Crippen LogP contribution in [0.2, 0.25) is 5.02 Å². The topological polar surface area (TPSA) is 24.9 Å². The Morgan fingerprint density at radius 1 is 1.33 bits per heavy atom. The molecule has 0 unspecified atom stereocenters. The van der Waals surface area contributed by atoms with E-state index in [0.717, 1.165) is 16.4 Å². The second-order valence-corrected chi connectivity index (χ2v) is 5.45. The maximum Gasteiger partial charge on any atom is 0.145 e. The van der Waals surface area contributed by atoms with Crippen molar-refractivity contribution < 1.29 is 0 Å². The molecule has 0 aliphatic heterocycles. The summed E-state index contributed by atoms with van der Waals surface area (Å²) in [5.74, 6) is 0.777. The van der Waals surface area contributed by atoms with Crippen molar-refractivity contribution >= 4 is 17.4 Å². The molecular weight excluding hydrogens is 208 g/mol. The minimum Gasteiger partial charge on any atom is -0.367 e. The summed E-state index contributed by atoms with van der Waals surface area (Å²) in [6.45, 7) is 10.6. The van der Waals surface area contributed by atoms with Crippen LogP contribution >= 0.6 is 11.6 Å². The van der Waals surface area contributed by atoms with Gasteiger partial charge in [-0.2, -0.15) is 0 Å².